The topological polar surface area (TPSA) is 82.8 Å². The van der Waals surface area contributed by atoms with Gasteiger partial charge in [0.25, 0.3) is 0 Å². The van der Waals surface area contributed by atoms with Crippen molar-refractivity contribution >= 4 is 21.4 Å². The summed E-state index contributed by atoms with van der Waals surface area (Å²) in [6.45, 7) is 5.44. The molecule has 0 amide bonds. The van der Waals surface area contributed by atoms with Crippen molar-refractivity contribution in [2.45, 2.75) is 44.9 Å². The quantitative estimate of drug-likeness (QED) is 0.867. The van der Waals surface area contributed by atoms with Gasteiger partial charge < -0.3 is 0 Å². The maximum absolute atomic E-state index is 11.9. The Morgan fingerprint density at radius 2 is 2.22 bits per heavy atom. The van der Waals surface area contributed by atoms with Gasteiger partial charge >= 0.3 is 0 Å². The third-order valence-electron chi connectivity index (χ3n) is 2.52. The summed E-state index contributed by atoms with van der Waals surface area (Å²) in [7, 11) is -3.61. The van der Waals surface area contributed by atoms with Crippen molar-refractivity contribution in [2.24, 2.45) is 0 Å². The molecule has 5 nitrogen and oxygen atoms in total. The molecule has 0 aromatic carbocycles. The Labute approximate surface area is 112 Å². The van der Waals surface area contributed by atoms with Gasteiger partial charge in [0.15, 0.2) is 5.25 Å². The zero-order valence-electron chi connectivity index (χ0n) is 10.7. The van der Waals surface area contributed by atoms with Gasteiger partial charge in [0.05, 0.1) is 12.1 Å². The molecule has 7 heteroatoms. The van der Waals surface area contributed by atoms with Gasteiger partial charge in [-0.25, -0.2) is 18.1 Å². The SMILES string of the molecule is CCc1cnc(C(C)NS(=O)(=O)C(C#N)CC)s1. The van der Waals surface area contributed by atoms with Gasteiger partial charge in [-0.05, 0) is 19.8 Å². The summed E-state index contributed by atoms with van der Waals surface area (Å²) >= 11 is 1.49. The largest absolute Gasteiger partial charge is 0.248 e. The number of nitrogens with zero attached hydrogens (tertiary/aromatic N) is 2. The van der Waals surface area contributed by atoms with Gasteiger partial charge in [-0.2, -0.15) is 5.26 Å². The summed E-state index contributed by atoms with van der Waals surface area (Å²) in [6, 6.07) is 1.40. The Kier molecular flexibility index (Phi) is 5.26. The highest BCUT2D eigenvalue weighted by atomic mass is 32.2. The molecule has 2 unspecified atom stereocenters. The number of hydrogen-bond acceptors (Lipinski definition) is 5. The number of nitriles is 1. The number of sulfonamides is 1. The van der Waals surface area contributed by atoms with E-state index in [2.05, 4.69) is 9.71 Å². The van der Waals surface area contributed by atoms with Crippen LogP contribution in [0.4, 0.5) is 0 Å². The summed E-state index contributed by atoms with van der Waals surface area (Å²) in [6.07, 6.45) is 2.91. The van der Waals surface area contributed by atoms with Crippen LogP contribution >= 0.6 is 11.3 Å². The lowest BCUT2D eigenvalue weighted by Gasteiger charge is -2.14. The smallest absolute Gasteiger partial charge is 0.228 e. The van der Waals surface area contributed by atoms with E-state index in [1.807, 2.05) is 6.92 Å². The highest BCUT2D eigenvalue weighted by molar-refractivity contribution is 7.90. The molecular weight excluding hydrogens is 270 g/mol. The summed E-state index contributed by atoms with van der Waals surface area (Å²) in [5, 5.41) is 8.52. The fourth-order valence-electron chi connectivity index (χ4n) is 1.45. The molecule has 1 aromatic heterocycles. The number of rotatable bonds is 6. The Balaban J connectivity index is 2.81. The van der Waals surface area contributed by atoms with Crippen molar-refractivity contribution < 1.29 is 8.42 Å². The average Bonchev–Trinajstić information content (AvgIpc) is 2.78. The van der Waals surface area contributed by atoms with E-state index in [1.165, 1.54) is 11.3 Å². The number of aryl methyl sites for hydroxylation is 1. The van der Waals surface area contributed by atoms with Crippen molar-refractivity contribution in [2.75, 3.05) is 0 Å². The minimum absolute atomic E-state index is 0.274. The maximum Gasteiger partial charge on any atom is 0.228 e. The van der Waals surface area contributed by atoms with Crippen molar-refractivity contribution in [3.63, 3.8) is 0 Å². The van der Waals surface area contributed by atoms with Crippen molar-refractivity contribution in [1.82, 2.24) is 9.71 Å². The van der Waals surface area contributed by atoms with Crippen molar-refractivity contribution in [3.05, 3.63) is 16.1 Å². The second kappa shape index (κ2) is 6.27. The maximum atomic E-state index is 11.9. The van der Waals surface area contributed by atoms with Crippen LogP contribution in [0.25, 0.3) is 0 Å². The summed E-state index contributed by atoms with van der Waals surface area (Å²) < 4.78 is 26.3. The van der Waals surface area contributed by atoms with Crippen molar-refractivity contribution in [1.29, 1.82) is 5.26 Å². The lowest BCUT2D eigenvalue weighted by Crippen LogP contribution is -2.34. The first kappa shape index (κ1) is 15.1. The van der Waals surface area contributed by atoms with E-state index in [0.29, 0.717) is 0 Å². The first-order chi connectivity index (χ1) is 8.44. The summed E-state index contributed by atoms with van der Waals surface area (Å²) in [5.74, 6) is 0. The average molecular weight is 287 g/mol. The number of aromatic nitrogens is 1. The number of nitrogens with one attached hydrogen (secondary N) is 1. The van der Waals surface area contributed by atoms with Gasteiger partial charge in [-0.15, -0.1) is 11.3 Å². The molecule has 0 fully saturated rings. The molecule has 100 valence electrons. The van der Waals surface area contributed by atoms with Crippen molar-refractivity contribution in [3.8, 4) is 6.07 Å². The van der Waals surface area contributed by atoms with Gasteiger partial charge in [-0.3, -0.25) is 0 Å². The van der Waals surface area contributed by atoms with Crippen LogP contribution in [0, 0.1) is 11.3 Å². The predicted octanol–water partition coefficient (Wildman–Crippen LogP) is 1.99. The second-order valence-electron chi connectivity index (χ2n) is 3.93. The van der Waals surface area contributed by atoms with Crippen LogP contribution in [0.15, 0.2) is 6.20 Å². The van der Waals surface area contributed by atoms with Crippen LogP contribution < -0.4 is 4.72 Å². The number of thiazole rings is 1. The molecule has 0 bridgehead atoms. The second-order valence-corrected chi connectivity index (χ2v) is 6.97. The summed E-state index contributed by atoms with van der Waals surface area (Å²) in [4.78, 5) is 5.31. The molecule has 0 aliphatic heterocycles. The van der Waals surface area contributed by atoms with Crippen LogP contribution in [-0.2, 0) is 16.4 Å². The highest BCUT2D eigenvalue weighted by Gasteiger charge is 2.26. The lowest BCUT2D eigenvalue weighted by molar-refractivity contribution is 0.557. The normalized spacial score (nSPS) is 15.0. The zero-order chi connectivity index (χ0) is 13.8. The molecule has 1 aromatic rings. The molecule has 1 heterocycles. The third-order valence-corrected chi connectivity index (χ3v) is 5.72. The molecule has 0 aliphatic rings. The molecule has 0 spiro atoms. The Hall–Kier alpha value is -0.970. The van der Waals surface area contributed by atoms with E-state index in [-0.39, 0.29) is 6.42 Å². The van der Waals surface area contributed by atoms with E-state index < -0.39 is 21.3 Å². The first-order valence-electron chi connectivity index (χ1n) is 5.79. The van der Waals surface area contributed by atoms with Gasteiger partial charge in [0.2, 0.25) is 10.0 Å². The van der Waals surface area contributed by atoms with E-state index in [4.69, 9.17) is 5.26 Å². The van der Waals surface area contributed by atoms with Gasteiger partial charge in [0, 0.05) is 11.1 Å². The van der Waals surface area contributed by atoms with Crippen LogP contribution in [-0.4, -0.2) is 18.7 Å². The van der Waals surface area contributed by atoms with E-state index >= 15 is 0 Å². The van der Waals surface area contributed by atoms with E-state index in [1.54, 1.807) is 26.1 Å². The third kappa shape index (κ3) is 3.51. The molecule has 0 aliphatic carbocycles. The Bertz CT molecular complexity index is 531. The monoisotopic (exact) mass is 287 g/mol. The van der Waals surface area contributed by atoms with E-state index in [9.17, 15) is 8.42 Å². The van der Waals surface area contributed by atoms with Crippen LogP contribution in [0.1, 0.15) is 43.1 Å². The Morgan fingerprint density at radius 3 is 2.67 bits per heavy atom. The fourth-order valence-corrected chi connectivity index (χ4v) is 3.73. The molecule has 2 atom stereocenters. The van der Waals surface area contributed by atoms with Crippen LogP contribution in [0.3, 0.4) is 0 Å². The van der Waals surface area contributed by atoms with Crippen LogP contribution in [0.2, 0.25) is 0 Å². The molecule has 18 heavy (non-hydrogen) atoms. The number of hydrogen-bond donors (Lipinski definition) is 1. The zero-order valence-corrected chi connectivity index (χ0v) is 12.3. The Morgan fingerprint density at radius 1 is 1.56 bits per heavy atom. The fraction of sp³-hybridized carbons (Fsp3) is 0.636. The molecule has 0 saturated carbocycles. The molecule has 1 N–H and O–H groups in total. The predicted molar refractivity (Wildman–Crippen MR) is 71.7 cm³/mol. The minimum atomic E-state index is -3.61. The lowest BCUT2D eigenvalue weighted by atomic mass is 10.4. The van der Waals surface area contributed by atoms with E-state index in [0.717, 1.165) is 16.3 Å². The van der Waals surface area contributed by atoms with Gasteiger partial charge in [0.1, 0.15) is 5.01 Å². The summed E-state index contributed by atoms with van der Waals surface area (Å²) in [5.41, 5.74) is 0. The standard InChI is InChI=1S/C11H17N3O2S2/c1-4-9-7-13-11(17-9)8(3)14-18(15,16)10(5-2)6-12/h7-8,10,14H,4-5H2,1-3H3. The first-order valence-corrected chi connectivity index (χ1v) is 8.16. The molecule has 1 rings (SSSR count). The minimum Gasteiger partial charge on any atom is -0.248 e. The van der Waals surface area contributed by atoms with Gasteiger partial charge in [-0.1, -0.05) is 13.8 Å². The highest BCUT2D eigenvalue weighted by Crippen LogP contribution is 2.21. The molecular formula is C11H17N3O2S2. The van der Waals surface area contributed by atoms with Crippen LogP contribution in [0.5, 0.6) is 0 Å². The molecule has 0 saturated heterocycles. The molecule has 0 radical (unpaired) electrons.